The molecule has 0 spiro atoms. The van der Waals surface area contributed by atoms with Gasteiger partial charge in [-0.15, -0.1) is 11.3 Å². The molecule has 4 rings (SSSR count). The third kappa shape index (κ3) is 5.83. The molecular weight excluding hydrogens is 456 g/mol. The van der Waals surface area contributed by atoms with Crippen LogP contribution < -0.4 is 16.2 Å². The molecule has 0 bridgehead atoms. The van der Waals surface area contributed by atoms with Gasteiger partial charge in [0.2, 0.25) is 11.8 Å². The third-order valence-electron chi connectivity index (χ3n) is 5.57. The molecule has 2 amide bonds. The Morgan fingerprint density at radius 3 is 2.76 bits per heavy atom. The van der Waals surface area contributed by atoms with Gasteiger partial charge >= 0.3 is 0 Å². The van der Waals surface area contributed by atoms with E-state index in [1.54, 1.807) is 23.1 Å². The van der Waals surface area contributed by atoms with Crippen molar-refractivity contribution in [3.63, 3.8) is 0 Å². The van der Waals surface area contributed by atoms with Crippen molar-refractivity contribution in [3.05, 3.63) is 56.4 Å². The van der Waals surface area contributed by atoms with Crippen LogP contribution in [0.1, 0.15) is 48.5 Å². The molecule has 0 saturated carbocycles. The molecule has 1 aliphatic rings. The summed E-state index contributed by atoms with van der Waals surface area (Å²) in [6.07, 6.45) is 3.54. The Morgan fingerprint density at radius 2 is 2.00 bits per heavy atom. The fraction of sp³-hybridized carbons (Fsp3) is 0.417. The molecule has 2 heterocycles. The van der Waals surface area contributed by atoms with Gasteiger partial charge in [-0.3, -0.25) is 14.4 Å². The molecule has 3 aromatic rings. The van der Waals surface area contributed by atoms with Crippen molar-refractivity contribution in [1.29, 1.82) is 0 Å². The van der Waals surface area contributed by atoms with E-state index in [0.29, 0.717) is 30.3 Å². The Kier molecular flexibility index (Phi) is 7.49. The molecular formula is C24H28N4O3S2. The first-order valence-electron chi connectivity index (χ1n) is 11.2. The van der Waals surface area contributed by atoms with Crippen molar-refractivity contribution >= 4 is 50.8 Å². The highest BCUT2D eigenvalue weighted by Gasteiger charge is 2.21. The Balaban J connectivity index is 1.19. The molecule has 1 aliphatic carbocycles. The van der Waals surface area contributed by atoms with Gasteiger partial charge in [-0.2, -0.15) is 11.8 Å². The molecule has 0 saturated heterocycles. The van der Waals surface area contributed by atoms with E-state index in [4.69, 9.17) is 0 Å². The Labute approximate surface area is 200 Å². The number of carbonyl (C=O) groups excluding carboxylic acids is 2. The van der Waals surface area contributed by atoms with Gasteiger partial charge < -0.3 is 15.6 Å². The second-order valence-corrected chi connectivity index (χ2v) is 10.7. The maximum atomic E-state index is 12.5. The lowest BCUT2D eigenvalue weighted by molar-refractivity contribution is -0.121. The van der Waals surface area contributed by atoms with Crippen molar-refractivity contribution in [2.24, 2.45) is 5.92 Å². The van der Waals surface area contributed by atoms with Gasteiger partial charge in [-0.1, -0.05) is 26.0 Å². The van der Waals surface area contributed by atoms with E-state index in [2.05, 4.69) is 20.6 Å². The summed E-state index contributed by atoms with van der Waals surface area (Å²) < 4.78 is 0. The van der Waals surface area contributed by atoms with Crippen molar-refractivity contribution in [2.45, 2.75) is 51.8 Å². The predicted molar refractivity (Wildman–Crippen MR) is 135 cm³/mol. The van der Waals surface area contributed by atoms with E-state index in [1.807, 2.05) is 38.1 Å². The molecule has 7 nitrogen and oxygen atoms in total. The molecule has 0 fully saturated rings. The number of anilines is 1. The fourth-order valence-electron chi connectivity index (χ4n) is 3.73. The number of hydrogen-bond acceptors (Lipinski definition) is 6. The van der Waals surface area contributed by atoms with E-state index in [1.165, 1.54) is 10.4 Å². The normalized spacial score (nSPS) is 12.8. The summed E-state index contributed by atoms with van der Waals surface area (Å²) >= 11 is 3.23. The number of thioether (sulfide) groups is 1. The summed E-state index contributed by atoms with van der Waals surface area (Å²) in [5.41, 5.74) is 2.87. The lowest BCUT2D eigenvalue weighted by Gasteiger charge is -2.09. The zero-order valence-corrected chi connectivity index (χ0v) is 20.5. The minimum Gasteiger partial charge on any atom is -0.352 e. The number of aromatic nitrogens is 2. The highest BCUT2D eigenvalue weighted by molar-refractivity contribution is 7.98. The third-order valence-corrected chi connectivity index (χ3v) is 7.73. The summed E-state index contributed by atoms with van der Waals surface area (Å²) in [7, 11) is 0. The summed E-state index contributed by atoms with van der Waals surface area (Å²) in [5.74, 6) is 1.77. The molecule has 1 aromatic carbocycles. The molecule has 9 heteroatoms. The molecule has 174 valence electrons. The van der Waals surface area contributed by atoms with Gasteiger partial charge in [0.15, 0.2) is 0 Å². The van der Waals surface area contributed by atoms with Gasteiger partial charge in [0.05, 0.1) is 11.1 Å². The van der Waals surface area contributed by atoms with Crippen LogP contribution in [0.2, 0.25) is 0 Å². The van der Waals surface area contributed by atoms with Crippen molar-refractivity contribution < 1.29 is 9.59 Å². The molecule has 3 N–H and O–H groups in total. The first-order valence-corrected chi connectivity index (χ1v) is 13.2. The van der Waals surface area contributed by atoms with Crippen LogP contribution in [0, 0.1) is 5.92 Å². The van der Waals surface area contributed by atoms with E-state index < -0.39 is 0 Å². The van der Waals surface area contributed by atoms with Gasteiger partial charge in [0.1, 0.15) is 10.7 Å². The van der Waals surface area contributed by atoms with Crippen molar-refractivity contribution in [2.75, 3.05) is 11.1 Å². The molecule has 33 heavy (non-hydrogen) atoms. The molecule has 0 atom stereocenters. The van der Waals surface area contributed by atoms with Crippen molar-refractivity contribution in [3.8, 4) is 0 Å². The Bertz CT molecular complexity index is 1210. The van der Waals surface area contributed by atoms with Crippen LogP contribution in [-0.2, 0) is 34.7 Å². The molecule has 0 unspecified atom stereocenters. The minimum absolute atomic E-state index is 0.0215. The summed E-state index contributed by atoms with van der Waals surface area (Å²) in [6, 6.07) is 7.46. The average Bonchev–Trinajstić information content (AvgIpc) is 3.37. The first kappa shape index (κ1) is 23.5. The van der Waals surface area contributed by atoms with Crippen LogP contribution in [-0.4, -0.2) is 27.5 Å². The minimum atomic E-state index is -0.0721. The SMILES string of the molecule is CC(C)C(=O)Nc1ccc(CNC(=O)CCSCc2nc3sc4c(c3c(=O)[nH]2)CCC4)cc1. The van der Waals surface area contributed by atoms with Crippen molar-refractivity contribution in [1.82, 2.24) is 15.3 Å². The van der Waals surface area contributed by atoms with E-state index in [0.717, 1.165) is 40.7 Å². The van der Waals surface area contributed by atoms with Gasteiger partial charge in [0.25, 0.3) is 5.56 Å². The number of aromatic amines is 1. The number of aryl methyl sites for hydroxylation is 2. The lowest BCUT2D eigenvalue weighted by atomic mass is 10.1. The average molecular weight is 485 g/mol. The van der Waals surface area contributed by atoms with Gasteiger partial charge in [-0.25, -0.2) is 4.98 Å². The van der Waals surface area contributed by atoms with Gasteiger partial charge in [-0.05, 0) is 42.5 Å². The number of H-pyrrole nitrogens is 1. The quantitative estimate of drug-likeness (QED) is 0.398. The van der Waals surface area contributed by atoms with Gasteiger partial charge in [0, 0.05) is 35.2 Å². The Hall–Kier alpha value is -2.65. The topological polar surface area (TPSA) is 104 Å². The molecule has 2 aromatic heterocycles. The maximum Gasteiger partial charge on any atom is 0.259 e. The number of benzene rings is 1. The van der Waals surface area contributed by atoms with Crippen LogP contribution in [0.3, 0.4) is 0 Å². The second kappa shape index (κ2) is 10.5. The fourth-order valence-corrected chi connectivity index (χ4v) is 5.82. The highest BCUT2D eigenvalue weighted by Crippen LogP contribution is 2.34. The van der Waals surface area contributed by atoms with E-state index in [-0.39, 0.29) is 23.3 Å². The second-order valence-electron chi connectivity index (χ2n) is 8.47. The Morgan fingerprint density at radius 1 is 1.21 bits per heavy atom. The zero-order valence-electron chi connectivity index (χ0n) is 18.8. The number of nitrogens with one attached hydrogen (secondary N) is 3. The zero-order chi connectivity index (χ0) is 23.4. The van der Waals surface area contributed by atoms with Crippen LogP contribution in [0.4, 0.5) is 5.69 Å². The van der Waals surface area contributed by atoms with Crippen LogP contribution in [0.25, 0.3) is 10.2 Å². The van der Waals surface area contributed by atoms with Crippen LogP contribution in [0.5, 0.6) is 0 Å². The smallest absolute Gasteiger partial charge is 0.259 e. The molecule has 0 aliphatic heterocycles. The number of amides is 2. The van der Waals surface area contributed by atoms with Crippen LogP contribution >= 0.6 is 23.1 Å². The monoisotopic (exact) mass is 484 g/mol. The number of fused-ring (bicyclic) bond motifs is 3. The summed E-state index contributed by atoms with van der Waals surface area (Å²) in [6.45, 7) is 4.14. The number of hydrogen-bond donors (Lipinski definition) is 3. The number of rotatable bonds is 9. The largest absolute Gasteiger partial charge is 0.352 e. The first-order chi connectivity index (χ1) is 15.9. The number of carbonyl (C=O) groups is 2. The highest BCUT2D eigenvalue weighted by atomic mass is 32.2. The maximum absolute atomic E-state index is 12.5. The molecule has 0 radical (unpaired) electrons. The number of nitrogens with zero attached hydrogens (tertiary/aromatic N) is 1. The van der Waals surface area contributed by atoms with Crippen LogP contribution in [0.15, 0.2) is 29.1 Å². The predicted octanol–water partition coefficient (Wildman–Crippen LogP) is 4.01. The van der Waals surface area contributed by atoms with E-state index in [9.17, 15) is 14.4 Å². The lowest BCUT2D eigenvalue weighted by Crippen LogP contribution is -2.23. The standard InChI is InChI=1S/C24H28N4O3S2/c1-14(2)22(30)26-16-8-6-15(7-9-16)12-25-20(29)10-11-32-13-19-27-23(31)21-17-4-3-5-18(17)33-24(21)28-19/h6-9,14H,3-5,10-13H2,1-2H3,(H,25,29)(H,26,30)(H,27,28,31). The summed E-state index contributed by atoms with van der Waals surface area (Å²) in [5, 5.41) is 6.54. The summed E-state index contributed by atoms with van der Waals surface area (Å²) in [4.78, 5) is 46.1. The number of thiophene rings is 1. The van der Waals surface area contributed by atoms with E-state index >= 15 is 0 Å².